The summed E-state index contributed by atoms with van der Waals surface area (Å²) >= 11 is 6.73. The molecule has 3 aliphatic rings. The summed E-state index contributed by atoms with van der Waals surface area (Å²) in [5, 5.41) is 6.33. The van der Waals surface area contributed by atoms with Gasteiger partial charge in [0.25, 0.3) is 5.56 Å². The summed E-state index contributed by atoms with van der Waals surface area (Å²) in [6, 6.07) is 9.01. The molecule has 2 aromatic carbocycles. The number of halogens is 2. The molecule has 0 radical (unpaired) electrons. The molecule has 3 fully saturated rings. The number of benzene rings is 2. The van der Waals surface area contributed by atoms with Gasteiger partial charge in [-0.3, -0.25) is 24.6 Å². The third-order valence-electron chi connectivity index (χ3n) is 11.2. The number of ether oxygens (including phenoxy) is 1. The number of piperidine rings is 3. The molecule has 11 heteroatoms. The van der Waals surface area contributed by atoms with Gasteiger partial charge in [-0.2, -0.15) is 0 Å². The van der Waals surface area contributed by atoms with Crippen LogP contribution in [0, 0.1) is 25.6 Å². The van der Waals surface area contributed by atoms with Crippen molar-refractivity contribution in [3.05, 3.63) is 80.0 Å². The third-order valence-corrected chi connectivity index (χ3v) is 11.5. The van der Waals surface area contributed by atoms with Gasteiger partial charge in [-0.15, -0.1) is 0 Å². The summed E-state index contributed by atoms with van der Waals surface area (Å²) in [4.78, 5) is 40.8. The highest BCUT2D eigenvalue weighted by molar-refractivity contribution is 6.31. The van der Waals surface area contributed by atoms with E-state index in [0.717, 1.165) is 85.8 Å². The Kier molecular flexibility index (Phi) is 11.3. The van der Waals surface area contributed by atoms with Gasteiger partial charge in [-0.25, -0.2) is 4.39 Å². The van der Waals surface area contributed by atoms with Gasteiger partial charge in [0.05, 0.1) is 7.11 Å². The molecule has 0 bridgehead atoms. The average molecular weight is 706 g/mol. The van der Waals surface area contributed by atoms with E-state index in [1.807, 2.05) is 25.1 Å². The molecule has 2 N–H and O–H groups in total. The highest BCUT2D eigenvalue weighted by atomic mass is 35.5. The molecule has 6 rings (SSSR count). The largest absolute Gasteiger partial charge is 0.496 e. The molecule has 50 heavy (non-hydrogen) atoms. The Balaban J connectivity index is 0.957. The van der Waals surface area contributed by atoms with E-state index in [4.69, 9.17) is 16.3 Å². The monoisotopic (exact) mass is 705 g/mol. The summed E-state index contributed by atoms with van der Waals surface area (Å²) in [5.74, 6) is 0.815. The van der Waals surface area contributed by atoms with Crippen molar-refractivity contribution in [2.45, 2.75) is 77.3 Å². The summed E-state index contributed by atoms with van der Waals surface area (Å²) in [7, 11) is 3.31. The maximum absolute atomic E-state index is 15.6. The van der Waals surface area contributed by atoms with Gasteiger partial charge in [0.1, 0.15) is 17.6 Å². The molecule has 3 saturated heterocycles. The number of hydrogen-bond donors (Lipinski definition) is 2. The SMILES string of the molecule is COc1cc(-c2cn(C)c(=O)c(C)c2C)cc(F)c1CN1CCC(CCN2CCC(c3ccc(NC4CCC(=O)NC4=O)cc3Cl)CC2)CC1. The number of aryl methyl sites for hydroxylation is 1. The maximum atomic E-state index is 15.6. The first kappa shape index (κ1) is 36.1. The smallest absolute Gasteiger partial charge is 0.253 e. The van der Waals surface area contributed by atoms with E-state index in [0.29, 0.717) is 53.7 Å². The normalized spacial score (nSPS) is 19.8. The second-order valence-corrected chi connectivity index (χ2v) is 14.8. The number of amides is 2. The molecule has 3 aromatic rings. The van der Waals surface area contributed by atoms with E-state index >= 15 is 4.39 Å². The van der Waals surface area contributed by atoms with Gasteiger partial charge < -0.3 is 19.5 Å². The van der Waals surface area contributed by atoms with Gasteiger partial charge in [0.2, 0.25) is 11.8 Å². The Labute approximate surface area is 299 Å². The molecule has 0 aliphatic carbocycles. The number of pyridine rings is 1. The van der Waals surface area contributed by atoms with E-state index in [-0.39, 0.29) is 23.2 Å². The fraction of sp³-hybridized carbons (Fsp3) is 0.513. The Bertz CT molecular complexity index is 1800. The molecule has 4 heterocycles. The minimum absolute atomic E-state index is 0.0454. The van der Waals surface area contributed by atoms with Crippen molar-refractivity contribution in [3.8, 4) is 16.9 Å². The van der Waals surface area contributed by atoms with Crippen LogP contribution >= 0.6 is 11.6 Å². The van der Waals surface area contributed by atoms with E-state index in [9.17, 15) is 14.4 Å². The Morgan fingerprint density at radius 1 is 0.960 bits per heavy atom. The molecule has 9 nitrogen and oxygen atoms in total. The van der Waals surface area contributed by atoms with Gasteiger partial charge in [0, 0.05) is 53.6 Å². The van der Waals surface area contributed by atoms with Crippen molar-refractivity contribution in [1.29, 1.82) is 0 Å². The standard InChI is InChI=1S/C39H49ClFN5O4/c1-24-25(2)39(49)44(3)22-31(24)28-19-34(41)32(36(20-28)50-4)23-46-15-10-26(11-16-46)9-14-45-17-12-27(13-18-45)30-6-5-29(21-33(30)40)42-35-7-8-37(47)43-38(35)48/h5-6,19-22,26-27,35,42H,7-18,23H2,1-4H3,(H,43,47,48). The Morgan fingerprint density at radius 2 is 1.68 bits per heavy atom. The fourth-order valence-electron chi connectivity index (χ4n) is 7.84. The number of nitrogens with one attached hydrogen (secondary N) is 2. The molecule has 2 amide bonds. The average Bonchev–Trinajstić information content (AvgIpc) is 3.11. The number of carbonyl (C=O) groups is 2. The van der Waals surface area contributed by atoms with Gasteiger partial charge in [-0.05, 0) is 138 Å². The van der Waals surface area contributed by atoms with Crippen LogP contribution in [0.1, 0.15) is 73.1 Å². The zero-order chi connectivity index (χ0) is 35.5. The number of likely N-dealkylation sites (tertiary alicyclic amines) is 2. The molecular weight excluding hydrogens is 657 g/mol. The van der Waals surface area contributed by atoms with Crippen LogP contribution in [0.3, 0.4) is 0 Å². The summed E-state index contributed by atoms with van der Waals surface area (Å²) in [5.41, 5.74) is 5.55. The van der Waals surface area contributed by atoms with Crippen LogP contribution in [-0.4, -0.2) is 72.1 Å². The zero-order valence-corrected chi connectivity index (χ0v) is 30.4. The Hall–Kier alpha value is -3.73. The van der Waals surface area contributed by atoms with E-state index in [2.05, 4.69) is 26.5 Å². The van der Waals surface area contributed by atoms with Crippen LogP contribution in [0.15, 0.2) is 41.3 Å². The van der Waals surface area contributed by atoms with Crippen molar-refractivity contribution in [1.82, 2.24) is 19.7 Å². The third kappa shape index (κ3) is 8.08. The van der Waals surface area contributed by atoms with Crippen LogP contribution in [0.5, 0.6) is 5.75 Å². The molecular formula is C39H49ClFN5O4. The zero-order valence-electron chi connectivity index (χ0n) is 29.6. The molecule has 3 aliphatic heterocycles. The second kappa shape index (κ2) is 15.7. The van der Waals surface area contributed by atoms with Gasteiger partial charge in [-0.1, -0.05) is 17.7 Å². The van der Waals surface area contributed by atoms with Crippen LogP contribution in [0.2, 0.25) is 5.02 Å². The molecule has 1 atom stereocenters. The Morgan fingerprint density at radius 3 is 2.36 bits per heavy atom. The number of aromatic nitrogens is 1. The predicted octanol–water partition coefficient (Wildman–Crippen LogP) is 6.17. The first-order valence-corrected chi connectivity index (χ1v) is 18.3. The van der Waals surface area contributed by atoms with Crippen molar-refractivity contribution in [2.75, 3.05) is 45.2 Å². The molecule has 0 spiro atoms. The van der Waals surface area contributed by atoms with Crippen molar-refractivity contribution < 1.29 is 18.7 Å². The van der Waals surface area contributed by atoms with Crippen molar-refractivity contribution >= 4 is 29.1 Å². The predicted molar refractivity (Wildman–Crippen MR) is 195 cm³/mol. The van der Waals surface area contributed by atoms with Gasteiger partial charge >= 0.3 is 0 Å². The van der Waals surface area contributed by atoms with E-state index in [1.165, 1.54) is 6.42 Å². The number of methoxy groups -OCH3 is 1. The minimum atomic E-state index is -0.427. The molecule has 1 aromatic heterocycles. The molecule has 268 valence electrons. The summed E-state index contributed by atoms with van der Waals surface area (Å²) in [6.07, 6.45) is 8.08. The summed E-state index contributed by atoms with van der Waals surface area (Å²) < 4.78 is 22.9. The lowest BCUT2D eigenvalue weighted by Gasteiger charge is -2.36. The number of hydrogen-bond acceptors (Lipinski definition) is 7. The number of carbonyl (C=O) groups excluding carboxylic acids is 2. The van der Waals surface area contributed by atoms with Crippen LogP contribution in [0.4, 0.5) is 10.1 Å². The van der Waals surface area contributed by atoms with Crippen molar-refractivity contribution in [2.24, 2.45) is 13.0 Å². The number of nitrogens with zero attached hydrogens (tertiary/aromatic N) is 3. The lowest BCUT2D eigenvalue weighted by atomic mass is 9.88. The minimum Gasteiger partial charge on any atom is -0.496 e. The number of rotatable bonds is 10. The second-order valence-electron chi connectivity index (χ2n) is 14.4. The lowest BCUT2D eigenvalue weighted by molar-refractivity contribution is -0.133. The van der Waals surface area contributed by atoms with Crippen LogP contribution in [0.25, 0.3) is 11.1 Å². The fourth-order valence-corrected chi connectivity index (χ4v) is 8.17. The molecule has 1 unspecified atom stereocenters. The first-order valence-electron chi connectivity index (χ1n) is 17.9. The topological polar surface area (TPSA) is 95.9 Å². The first-order chi connectivity index (χ1) is 24.0. The highest BCUT2D eigenvalue weighted by Gasteiger charge is 2.28. The lowest BCUT2D eigenvalue weighted by Crippen LogP contribution is -2.47. The highest BCUT2D eigenvalue weighted by Crippen LogP contribution is 2.36. The number of anilines is 1. The van der Waals surface area contributed by atoms with Gasteiger partial charge in [0.15, 0.2) is 0 Å². The molecule has 0 saturated carbocycles. The number of imide groups is 1. The van der Waals surface area contributed by atoms with Crippen molar-refractivity contribution in [3.63, 3.8) is 0 Å². The summed E-state index contributed by atoms with van der Waals surface area (Å²) in [6.45, 7) is 9.27. The van der Waals surface area contributed by atoms with E-state index < -0.39 is 6.04 Å². The van der Waals surface area contributed by atoms with E-state index in [1.54, 1.807) is 37.9 Å². The van der Waals surface area contributed by atoms with Crippen LogP contribution < -0.4 is 20.9 Å². The maximum Gasteiger partial charge on any atom is 0.253 e. The van der Waals surface area contributed by atoms with Crippen LogP contribution in [-0.2, 0) is 23.2 Å². The quantitative estimate of drug-likeness (QED) is 0.244.